The van der Waals surface area contributed by atoms with Gasteiger partial charge in [0.2, 0.25) is 5.91 Å². The number of halogens is 2. The molecule has 0 aliphatic carbocycles. The third-order valence-corrected chi connectivity index (χ3v) is 7.09. The Labute approximate surface area is 184 Å². The van der Waals surface area contributed by atoms with Gasteiger partial charge in [0.25, 0.3) is 5.91 Å². The van der Waals surface area contributed by atoms with Gasteiger partial charge < -0.3 is 4.90 Å². The van der Waals surface area contributed by atoms with Gasteiger partial charge in [0, 0.05) is 38.1 Å². The van der Waals surface area contributed by atoms with Crippen molar-refractivity contribution in [1.82, 2.24) is 4.90 Å². The Morgan fingerprint density at radius 2 is 1.58 bits per heavy atom. The number of hydrogen-bond donors (Lipinski definition) is 0. The minimum Gasteiger partial charge on any atom is -0.369 e. The fourth-order valence-electron chi connectivity index (χ4n) is 3.99. The van der Waals surface area contributed by atoms with Gasteiger partial charge in [-0.25, -0.2) is 17.7 Å². The molecule has 0 bridgehead atoms. The van der Waals surface area contributed by atoms with Crippen LogP contribution in [0.2, 0.25) is 5.02 Å². The number of sulfone groups is 1. The summed E-state index contributed by atoms with van der Waals surface area (Å²) in [5.41, 5.74) is 1.18. The summed E-state index contributed by atoms with van der Waals surface area (Å²) in [5, 5.41) is -0.142. The zero-order valence-electron chi connectivity index (χ0n) is 16.8. The number of piperazine rings is 1. The third-order valence-electron chi connectivity index (χ3n) is 5.67. The lowest BCUT2D eigenvalue weighted by Gasteiger charge is -2.38. The molecule has 1 atom stereocenters. The summed E-state index contributed by atoms with van der Waals surface area (Å²) in [6, 6.07) is 9.95. The van der Waals surface area contributed by atoms with E-state index in [1.807, 2.05) is 4.90 Å². The molecule has 2 fully saturated rings. The fourth-order valence-corrected chi connectivity index (χ4v) is 4.80. The lowest BCUT2D eigenvalue weighted by molar-refractivity contribution is -0.123. The van der Waals surface area contributed by atoms with Crippen LogP contribution in [0.25, 0.3) is 0 Å². The van der Waals surface area contributed by atoms with E-state index in [1.165, 1.54) is 18.4 Å². The number of amides is 2. The summed E-state index contributed by atoms with van der Waals surface area (Å²) in [4.78, 5) is 30.9. The molecule has 2 aliphatic rings. The van der Waals surface area contributed by atoms with Crippen LogP contribution in [0.5, 0.6) is 0 Å². The Balaban J connectivity index is 1.42. The van der Waals surface area contributed by atoms with Gasteiger partial charge >= 0.3 is 0 Å². The van der Waals surface area contributed by atoms with Gasteiger partial charge in [0.05, 0.1) is 28.1 Å². The smallest absolute Gasteiger partial charge is 0.251 e. The zero-order chi connectivity index (χ0) is 22.3. The Hall–Kier alpha value is -2.49. The van der Waals surface area contributed by atoms with Crippen LogP contribution in [0.1, 0.15) is 6.42 Å². The molecular formula is C21H21ClFN3O4S. The minimum atomic E-state index is -3.24. The summed E-state index contributed by atoms with van der Waals surface area (Å²) in [7, 11) is -3.24. The van der Waals surface area contributed by atoms with Crippen molar-refractivity contribution in [2.24, 2.45) is 0 Å². The molecule has 2 saturated heterocycles. The topological polar surface area (TPSA) is 78.0 Å². The summed E-state index contributed by atoms with van der Waals surface area (Å²) in [5.74, 6) is -1.28. The van der Waals surface area contributed by atoms with Crippen molar-refractivity contribution in [3.8, 4) is 0 Å². The van der Waals surface area contributed by atoms with Crippen LogP contribution in [0.4, 0.5) is 15.8 Å². The van der Waals surface area contributed by atoms with E-state index in [-0.39, 0.29) is 33.8 Å². The molecule has 2 amide bonds. The van der Waals surface area contributed by atoms with E-state index in [0.717, 1.165) is 16.7 Å². The minimum absolute atomic E-state index is 0.0664. The first-order valence-corrected chi connectivity index (χ1v) is 12.0. The Bertz CT molecular complexity index is 1130. The van der Waals surface area contributed by atoms with Gasteiger partial charge in [-0.1, -0.05) is 11.6 Å². The van der Waals surface area contributed by atoms with E-state index in [4.69, 9.17) is 11.6 Å². The average Bonchev–Trinajstić information content (AvgIpc) is 3.04. The molecule has 2 aromatic carbocycles. The number of carbonyl (C=O) groups is 2. The van der Waals surface area contributed by atoms with Crippen LogP contribution >= 0.6 is 11.6 Å². The molecule has 0 aromatic heterocycles. The maximum Gasteiger partial charge on any atom is 0.251 e. The van der Waals surface area contributed by atoms with Crippen molar-refractivity contribution in [2.75, 3.05) is 42.2 Å². The van der Waals surface area contributed by atoms with Crippen LogP contribution in [-0.2, 0) is 19.4 Å². The highest BCUT2D eigenvalue weighted by molar-refractivity contribution is 7.90. The van der Waals surface area contributed by atoms with Crippen molar-refractivity contribution < 1.29 is 22.4 Å². The molecule has 0 N–H and O–H groups in total. The van der Waals surface area contributed by atoms with E-state index < -0.39 is 21.7 Å². The lowest BCUT2D eigenvalue weighted by Crippen LogP contribution is -2.52. The number of carbonyl (C=O) groups excluding carboxylic acids is 2. The van der Waals surface area contributed by atoms with E-state index in [0.29, 0.717) is 26.2 Å². The van der Waals surface area contributed by atoms with Crippen LogP contribution in [0.15, 0.2) is 47.4 Å². The molecular weight excluding hydrogens is 445 g/mol. The van der Waals surface area contributed by atoms with Crippen molar-refractivity contribution in [2.45, 2.75) is 17.4 Å². The van der Waals surface area contributed by atoms with Gasteiger partial charge in [-0.15, -0.1) is 0 Å². The molecule has 164 valence electrons. The Morgan fingerprint density at radius 1 is 0.968 bits per heavy atom. The monoisotopic (exact) mass is 465 g/mol. The molecule has 2 aliphatic heterocycles. The van der Waals surface area contributed by atoms with Gasteiger partial charge in [-0.2, -0.15) is 0 Å². The molecule has 0 spiro atoms. The lowest BCUT2D eigenvalue weighted by atomic mass is 10.1. The highest BCUT2D eigenvalue weighted by Crippen LogP contribution is 2.30. The van der Waals surface area contributed by atoms with Crippen LogP contribution in [-0.4, -0.2) is 63.6 Å². The molecule has 2 aromatic rings. The van der Waals surface area contributed by atoms with Crippen molar-refractivity contribution in [3.05, 3.63) is 53.3 Å². The van der Waals surface area contributed by atoms with Crippen LogP contribution < -0.4 is 9.80 Å². The second-order valence-corrected chi connectivity index (χ2v) is 10.1. The maximum absolute atomic E-state index is 13.4. The first-order valence-electron chi connectivity index (χ1n) is 9.76. The number of hydrogen-bond acceptors (Lipinski definition) is 6. The van der Waals surface area contributed by atoms with Crippen molar-refractivity contribution >= 4 is 44.6 Å². The zero-order valence-corrected chi connectivity index (χ0v) is 18.4. The maximum atomic E-state index is 13.4. The second kappa shape index (κ2) is 8.22. The third kappa shape index (κ3) is 4.30. The predicted octanol–water partition coefficient (Wildman–Crippen LogP) is 2.34. The average molecular weight is 466 g/mol. The molecule has 10 heteroatoms. The summed E-state index contributed by atoms with van der Waals surface area (Å²) in [6.45, 7) is 2.43. The first kappa shape index (κ1) is 21.7. The summed E-state index contributed by atoms with van der Waals surface area (Å²) < 4.78 is 36.7. The second-order valence-electron chi connectivity index (χ2n) is 7.67. The Kier molecular flexibility index (Phi) is 5.76. The van der Waals surface area contributed by atoms with Crippen molar-refractivity contribution in [3.63, 3.8) is 0 Å². The highest BCUT2D eigenvalue weighted by atomic mass is 35.5. The quantitative estimate of drug-likeness (QED) is 0.645. The fraction of sp³-hybridized carbons (Fsp3) is 0.333. The molecule has 7 nitrogen and oxygen atoms in total. The largest absolute Gasteiger partial charge is 0.369 e. The van der Waals surface area contributed by atoms with E-state index in [2.05, 4.69) is 4.90 Å². The normalized spacial score (nSPS) is 20.5. The first-order chi connectivity index (χ1) is 14.6. The standard InChI is InChI=1S/C21H21ClFN3O4S/c1-31(29,30)16-5-2-14(3-6-16)24-8-10-25(11-9-24)19-13-20(27)26(21(19)28)15-4-7-18(23)17(22)12-15/h2-7,12,19H,8-11,13H2,1H3/t19-/m0/s1. The predicted molar refractivity (Wildman–Crippen MR) is 116 cm³/mol. The van der Waals surface area contributed by atoms with Crippen molar-refractivity contribution in [1.29, 1.82) is 0 Å². The molecule has 0 radical (unpaired) electrons. The van der Waals surface area contributed by atoms with E-state index >= 15 is 0 Å². The summed E-state index contributed by atoms with van der Waals surface area (Å²) in [6.07, 6.45) is 1.24. The molecule has 31 heavy (non-hydrogen) atoms. The number of anilines is 2. The van der Waals surface area contributed by atoms with Gasteiger partial charge in [-0.05, 0) is 42.5 Å². The number of imide groups is 1. The Morgan fingerprint density at radius 3 is 2.16 bits per heavy atom. The molecule has 4 rings (SSSR count). The molecule has 0 unspecified atom stereocenters. The number of benzene rings is 2. The highest BCUT2D eigenvalue weighted by Gasteiger charge is 2.43. The van der Waals surface area contributed by atoms with E-state index in [9.17, 15) is 22.4 Å². The number of rotatable bonds is 4. The van der Waals surface area contributed by atoms with E-state index in [1.54, 1.807) is 24.3 Å². The molecule has 2 heterocycles. The van der Waals surface area contributed by atoms with Gasteiger partial charge in [0.1, 0.15) is 5.82 Å². The summed E-state index contributed by atoms with van der Waals surface area (Å²) >= 11 is 5.81. The van der Waals surface area contributed by atoms with Crippen LogP contribution in [0, 0.1) is 5.82 Å². The molecule has 0 saturated carbocycles. The number of nitrogens with zero attached hydrogens (tertiary/aromatic N) is 3. The van der Waals surface area contributed by atoms with Crippen LogP contribution in [0.3, 0.4) is 0 Å². The van der Waals surface area contributed by atoms with Gasteiger partial charge in [0.15, 0.2) is 9.84 Å². The SMILES string of the molecule is CS(=O)(=O)c1ccc(N2CCN([C@H]3CC(=O)N(c4ccc(F)c(Cl)c4)C3=O)CC2)cc1. The van der Waals surface area contributed by atoms with Gasteiger partial charge in [-0.3, -0.25) is 14.5 Å².